The van der Waals surface area contributed by atoms with E-state index >= 15 is 0 Å². The summed E-state index contributed by atoms with van der Waals surface area (Å²) in [6, 6.07) is -6.95. The standard InChI is InChI=1S/C35H65N15O7/c1-19(2)15-25(48-32(55)27(20(3)4)50-28(51)22(37)9-5-6-12-36)31(54)47-23(10-7-13-43-34(38)39)29(52)46-24(11-8-14-44-35(40)41)30(53)49-26(33(56)57)16-21-17-42-18-45-21/h17-20,22-27H,5-16,36-37H2,1-4H3,(H,42,45)(H,46,52)(H,47,54)(H,48,55)(H,49,53)(H,50,51)(H,56,57)(H4,38,39,43)(H4,40,41,44). The first kappa shape index (κ1) is 49.5. The fourth-order valence-corrected chi connectivity index (χ4v) is 5.58. The van der Waals surface area contributed by atoms with Crippen LogP contribution in [-0.4, -0.2) is 118 Å². The molecule has 6 atom stereocenters. The van der Waals surface area contributed by atoms with Gasteiger partial charge in [-0.1, -0.05) is 34.1 Å². The molecule has 0 aliphatic carbocycles. The van der Waals surface area contributed by atoms with Crippen LogP contribution in [0.2, 0.25) is 0 Å². The predicted octanol–water partition coefficient (Wildman–Crippen LogP) is -3.27. The monoisotopic (exact) mass is 808 g/mol. The molecule has 22 nitrogen and oxygen atoms in total. The lowest BCUT2D eigenvalue weighted by molar-refractivity contribution is -0.142. The van der Waals surface area contributed by atoms with E-state index in [1.54, 1.807) is 13.8 Å². The van der Waals surface area contributed by atoms with Gasteiger partial charge in [0.05, 0.1) is 12.4 Å². The van der Waals surface area contributed by atoms with E-state index in [4.69, 9.17) is 34.4 Å². The smallest absolute Gasteiger partial charge is 0.326 e. The number of guanidine groups is 2. The molecule has 1 aromatic heterocycles. The summed E-state index contributed by atoms with van der Waals surface area (Å²) in [5, 5.41) is 23.1. The molecule has 0 aliphatic heterocycles. The number of aliphatic imine (C=N–C) groups is 2. The third-order valence-electron chi connectivity index (χ3n) is 8.64. The van der Waals surface area contributed by atoms with Gasteiger partial charge in [0.2, 0.25) is 29.5 Å². The molecule has 0 radical (unpaired) electrons. The van der Waals surface area contributed by atoms with Gasteiger partial charge in [-0.05, 0) is 63.3 Å². The van der Waals surface area contributed by atoms with E-state index in [0.717, 1.165) is 0 Å². The minimum Gasteiger partial charge on any atom is -0.480 e. The number of amides is 5. The Morgan fingerprint density at radius 1 is 0.702 bits per heavy atom. The van der Waals surface area contributed by atoms with Crippen LogP contribution in [-0.2, 0) is 35.2 Å². The Labute approximate surface area is 333 Å². The van der Waals surface area contributed by atoms with Gasteiger partial charge in [-0.2, -0.15) is 0 Å². The molecule has 5 amide bonds. The number of hydrogen-bond acceptors (Lipinski definition) is 11. The molecule has 57 heavy (non-hydrogen) atoms. The molecule has 22 heteroatoms. The van der Waals surface area contributed by atoms with Gasteiger partial charge >= 0.3 is 5.97 Å². The van der Waals surface area contributed by atoms with Crippen LogP contribution in [0.25, 0.3) is 0 Å². The normalized spacial score (nSPS) is 14.2. The number of H-pyrrole nitrogens is 1. The second-order valence-corrected chi connectivity index (χ2v) is 14.5. The lowest BCUT2D eigenvalue weighted by Crippen LogP contribution is -2.60. The van der Waals surface area contributed by atoms with Gasteiger partial charge in [0.25, 0.3) is 0 Å². The average Bonchev–Trinajstić information content (AvgIpc) is 3.64. The highest BCUT2D eigenvalue weighted by Gasteiger charge is 2.34. The molecule has 0 aliphatic rings. The van der Waals surface area contributed by atoms with Crippen molar-refractivity contribution in [3.63, 3.8) is 0 Å². The molecule has 0 saturated heterocycles. The Bertz CT molecular complexity index is 1480. The van der Waals surface area contributed by atoms with E-state index in [9.17, 15) is 33.9 Å². The van der Waals surface area contributed by atoms with Crippen LogP contribution in [0.1, 0.15) is 84.8 Å². The number of nitrogens with two attached hydrogens (primary N) is 6. The number of nitrogens with one attached hydrogen (secondary N) is 6. The number of carbonyl (C=O) groups excluding carboxylic acids is 5. The van der Waals surface area contributed by atoms with Crippen LogP contribution < -0.4 is 61.0 Å². The van der Waals surface area contributed by atoms with Crippen LogP contribution in [0.3, 0.4) is 0 Å². The first-order valence-corrected chi connectivity index (χ1v) is 19.1. The third-order valence-corrected chi connectivity index (χ3v) is 8.64. The van der Waals surface area contributed by atoms with E-state index < -0.39 is 71.8 Å². The summed E-state index contributed by atoms with van der Waals surface area (Å²) in [6.07, 6.45) is 4.97. The molecular weight excluding hydrogens is 742 g/mol. The predicted molar refractivity (Wildman–Crippen MR) is 215 cm³/mol. The van der Waals surface area contributed by atoms with Crippen LogP contribution in [0.5, 0.6) is 0 Å². The maximum atomic E-state index is 13.9. The summed E-state index contributed by atoms with van der Waals surface area (Å²) >= 11 is 0. The van der Waals surface area contributed by atoms with E-state index in [2.05, 4.69) is 46.5 Å². The fourth-order valence-electron chi connectivity index (χ4n) is 5.58. The van der Waals surface area contributed by atoms with Crippen molar-refractivity contribution in [2.45, 2.75) is 122 Å². The van der Waals surface area contributed by atoms with Gasteiger partial charge in [-0.25, -0.2) is 9.78 Å². The zero-order valence-electron chi connectivity index (χ0n) is 33.5. The topological polar surface area (TPSA) is 392 Å². The van der Waals surface area contributed by atoms with Crippen molar-refractivity contribution in [3.05, 3.63) is 18.2 Å². The first-order valence-electron chi connectivity index (χ1n) is 19.1. The van der Waals surface area contributed by atoms with E-state index in [-0.39, 0.29) is 75.4 Å². The quantitative estimate of drug-likeness (QED) is 0.0225. The molecule has 0 aromatic carbocycles. The summed E-state index contributed by atoms with van der Waals surface area (Å²) < 4.78 is 0. The minimum absolute atomic E-state index is 0.00331. The number of aromatic nitrogens is 2. The lowest BCUT2D eigenvalue weighted by Gasteiger charge is -2.28. The SMILES string of the molecule is CC(C)CC(NC(=O)C(NC(=O)C(N)CCCCN)C(C)C)C(=O)NC(CCCN=C(N)N)C(=O)NC(CCCN=C(N)N)C(=O)NC(Cc1cnc[nH]1)C(=O)O. The van der Waals surface area contributed by atoms with Gasteiger partial charge in [-0.15, -0.1) is 0 Å². The third kappa shape index (κ3) is 20.3. The Balaban J connectivity index is 3.34. The molecule has 6 unspecified atom stereocenters. The largest absolute Gasteiger partial charge is 0.480 e. The Morgan fingerprint density at radius 2 is 1.21 bits per heavy atom. The molecule has 1 heterocycles. The molecule has 1 aromatic rings. The molecule has 1 rings (SSSR count). The Kier molecular flexibility index (Phi) is 22.9. The highest BCUT2D eigenvalue weighted by molar-refractivity contribution is 5.96. The summed E-state index contributed by atoms with van der Waals surface area (Å²) in [6.45, 7) is 7.82. The summed E-state index contributed by atoms with van der Waals surface area (Å²) in [5.41, 5.74) is 33.8. The van der Waals surface area contributed by atoms with Crippen LogP contribution in [0.15, 0.2) is 22.5 Å². The summed E-state index contributed by atoms with van der Waals surface area (Å²) in [7, 11) is 0. The second-order valence-electron chi connectivity index (χ2n) is 14.5. The van der Waals surface area contributed by atoms with Crippen LogP contribution in [0.4, 0.5) is 0 Å². The highest BCUT2D eigenvalue weighted by atomic mass is 16.4. The van der Waals surface area contributed by atoms with Crippen molar-refractivity contribution in [2.75, 3.05) is 19.6 Å². The second kappa shape index (κ2) is 26.4. The van der Waals surface area contributed by atoms with Crippen molar-refractivity contribution in [2.24, 2.45) is 56.2 Å². The number of carboxylic acids is 1. The molecule has 19 N–H and O–H groups in total. The lowest BCUT2D eigenvalue weighted by atomic mass is 9.98. The number of unbranched alkanes of at least 4 members (excludes halogenated alkanes) is 1. The number of aromatic amines is 1. The zero-order chi connectivity index (χ0) is 43.1. The van der Waals surface area contributed by atoms with E-state index in [1.165, 1.54) is 12.5 Å². The molecule has 0 spiro atoms. The number of hydrogen-bond donors (Lipinski definition) is 13. The van der Waals surface area contributed by atoms with Crippen LogP contribution >= 0.6 is 0 Å². The van der Waals surface area contributed by atoms with Crippen molar-refractivity contribution >= 4 is 47.4 Å². The Morgan fingerprint density at radius 3 is 1.65 bits per heavy atom. The van der Waals surface area contributed by atoms with Gasteiger partial charge in [0.1, 0.15) is 30.2 Å². The van der Waals surface area contributed by atoms with Gasteiger partial charge in [-0.3, -0.25) is 34.0 Å². The van der Waals surface area contributed by atoms with Crippen molar-refractivity contribution in [3.8, 4) is 0 Å². The van der Waals surface area contributed by atoms with Gasteiger partial charge in [0.15, 0.2) is 11.9 Å². The van der Waals surface area contributed by atoms with Crippen molar-refractivity contribution in [1.82, 2.24) is 36.6 Å². The first-order chi connectivity index (χ1) is 26.9. The van der Waals surface area contributed by atoms with E-state index in [1.807, 2.05) is 13.8 Å². The zero-order valence-corrected chi connectivity index (χ0v) is 33.5. The maximum absolute atomic E-state index is 13.9. The molecular formula is C35H65N15O7. The number of rotatable bonds is 28. The van der Waals surface area contributed by atoms with Crippen LogP contribution in [0, 0.1) is 11.8 Å². The number of nitrogens with zero attached hydrogens (tertiary/aromatic N) is 3. The molecule has 322 valence electrons. The Hall–Kier alpha value is -5.51. The number of carbonyl (C=O) groups is 6. The average molecular weight is 808 g/mol. The molecule has 0 fully saturated rings. The van der Waals surface area contributed by atoms with Crippen molar-refractivity contribution in [1.29, 1.82) is 0 Å². The number of aliphatic carboxylic acids is 1. The summed E-state index contributed by atoms with van der Waals surface area (Å²) in [5.74, 6) is -5.58. The van der Waals surface area contributed by atoms with Gasteiger partial charge < -0.3 is 71.1 Å². The number of imidazole rings is 1. The highest BCUT2D eigenvalue weighted by Crippen LogP contribution is 2.11. The molecule has 0 saturated carbocycles. The summed E-state index contributed by atoms with van der Waals surface area (Å²) in [4.78, 5) is 94.5. The van der Waals surface area contributed by atoms with E-state index in [0.29, 0.717) is 31.5 Å². The van der Waals surface area contributed by atoms with Gasteiger partial charge in [0, 0.05) is 31.4 Å². The number of carboxylic acid groups (broad SMARTS) is 1. The molecule has 0 bridgehead atoms. The minimum atomic E-state index is -1.38. The van der Waals surface area contributed by atoms with Crippen molar-refractivity contribution < 1.29 is 33.9 Å². The fraction of sp³-hybridized carbons (Fsp3) is 0.686. The maximum Gasteiger partial charge on any atom is 0.326 e.